The Balaban J connectivity index is 2.08. The van der Waals surface area contributed by atoms with E-state index < -0.39 is 6.10 Å². The van der Waals surface area contributed by atoms with Gasteiger partial charge in [0, 0.05) is 5.69 Å². The Kier molecular flexibility index (Phi) is 6.53. The predicted molar refractivity (Wildman–Crippen MR) is 119 cm³/mol. The van der Waals surface area contributed by atoms with Crippen LogP contribution in [0.3, 0.4) is 0 Å². The molecule has 0 bridgehead atoms. The van der Waals surface area contributed by atoms with Crippen molar-refractivity contribution in [2.24, 2.45) is 0 Å². The van der Waals surface area contributed by atoms with Crippen LogP contribution in [0.25, 0.3) is 0 Å². The Bertz CT molecular complexity index is 845. The summed E-state index contributed by atoms with van der Waals surface area (Å²) in [5.74, 6) is 0.790. The lowest BCUT2D eigenvalue weighted by Crippen LogP contribution is -2.21. The summed E-state index contributed by atoms with van der Waals surface area (Å²) in [6.45, 7) is 8.87. The van der Waals surface area contributed by atoms with Gasteiger partial charge in [-0.15, -0.1) is 0 Å². The molecule has 2 N–H and O–H groups in total. The molecule has 2 heteroatoms. The Labute approximate surface area is 169 Å². The van der Waals surface area contributed by atoms with Gasteiger partial charge >= 0.3 is 0 Å². The quantitative estimate of drug-likeness (QED) is 0.476. The van der Waals surface area contributed by atoms with Crippen molar-refractivity contribution in [2.45, 2.75) is 51.7 Å². The van der Waals surface area contributed by atoms with E-state index in [0.717, 1.165) is 16.8 Å². The van der Waals surface area contributed by atoms with Gasteiger partial charge < -0.3 is 10.4 Å². The standard InChI is InChI=1S/C26H31NO/c1-18(2)22-16-11-17-23(19(3)4)25(22)27-24(20-12-7-5-8-13-20)26(28)21-14-9-6-10-15-21/h5-19,24,26-28H,1-4H3/t24-,26+/m0/s1. The lowest BCUT2D eigenvalue weighted by molar-refractivity contribution is 0.155. The molecule has 0 spiro atoms. The molecular weight excluding hydrogens is 342 g/mol. The maximum atomic E-state index is 11.3. The van der Waals surface area contributed by atoms with Crippen LogP contribution in [0.2, 0.25) is 0 Å². The molecule has 0 saturated carbocycles. The molecule has 0 amide bonds. The van der Waals surface area contributed by atoms with Crippen LogP contribution in [-0.4, -0.2) is 5.11 Å². The van der Waals surface area contributed by atoms with Crippen molar-refractivity contribution in [1.82, 2.24) is 0 Å². The normalized spacial score (nSPS) is 13.5. The number of hydrogen-bond acceptors (Lipinski definition) is 2. The van der Waals surface area contributed by atoms with Gasteiger partial charge in [0.1, 0.15) is 6.10 Å². The lowest BCUT2D eigenvalue weighted by atomic mass is 9.90. The van der Waals surface area contributed by atoms with Crippen molar-refractivity contribution < 1.29 is 5.11 Å². The highest BCUT2D eigenvalue weighted by Crippen LogP contribution is 2.38. The number of nitrogens with one attached hydrogen (secondary N) is 1. The van der Waals surface area contributed by atoms with Crippen LogP contribution in [-0.2, 0) is 0 Å². The van der Waals surface area contributed by atoms with Gasteiger partial charge in [0.05, 0.1) is 6.04 Å². The highest BCUT2D eigenvalue weighted by molar-refractivity contribution is 5.61. The van der Waals surface area contributed by atoms with Crippen LogP contribution in [0.5, 0.6) is 0 Å². The van der Waals surface area contributed by atoms with E-state index in [-0.39, 0.29) is 6.04 Å². The summed E-state index contributed by atoms with van der Waals surface area (Å²) < 4.78 is 0. The SMILES string of the molecule is CC(C)c1cccc(C(C)C)c1N[C@@H](c1ccccc1)[C@H](O)c1ccccc1. The van der Waals surface area contributed by atoms with Gasteiger partial charge in [-0.1, -0.05) is 107 Å². The fourth-order valence-corrected chi connectivity index (χ4v) is 3.72. The molecule has 0 saturated heterocycles. The largest absolute Gasteiger partial charge is 0.386 e. The molecule has 0 heterocycles. The Morgan fingerprint density at radius 3 is 1.54 bits per heavy atom. The van der Waals surface area contributed by atoms with E-state index in [0.29, 0.717) is 11.8 Å². The summed E-state index contributed by atoms with van der Waals surface area (Å²) in [6, 6.07) is 26.4. The fraction of sp³-hybridized carbons (Fsp3) is 0.308. The van der Waals surface area contributed by atoms with E-state index in [1.807, 2.05) is 48.5 Å². The van der Waals surface area contributed by atoms with E-state index >= 15 is 0 Å². The van der Waals surface area contributed by atoms with E-state index in [2.05, 4.69) is 63.3 Å². The average Bonchev–Trinajstić information content (AvgIpc) is 2.72. The van der Waals surface area contributed by atoms with E-state index in [1.54, 1.807) is 0 Å². The zero-order chi connectivity index (χ0) is 20.1. The van der Waals surface area contributed by atoms with Crippen molar-refractivity contribution >= 4 is 5.69 Å². The second kappa shape index (κ2) is 9.07. The first kappa shape index (κ1) is 20.2. The van der Waals surface area contributed by atoms with Crippen LogP contribution in [0.4, 0.5) is 5.69 Å². The molecule has 28 heavy (non-hydrogen) atoms. The minimum absolute atomic E-state index is 0.235. The number of anilines is 1. The monoisotopic (exact) mass is 373 g/mol. The molecule has 0 aliphatic heterocycles. The number of aliphatic hydroxyl groups excluding tert-OH is 1. The minimum Gasteiger partial charge on any atom is -0.386 e. The smallest absolute Gasteiger partial charge is 0.103 e. The second-order valence-corrected chi connectivity index (χ2v) is 8.01. The maximum absolute atomic E-state index is 11.3. The second-order valence-electron chi connectivity index (χ2n) is 8.01. The van der Waals surface area contributed by atoms with Crippen LogP contribution in [0.15, 0.2) is 78.9 Å². The fourth-order valence-electron chi connectivity index (χ4n) is 3.72. The molecule has 146 valence electrons. The molecular formula is C26H31NO. The van der Waals surface area contributed by atoms with Crippen molar-refractivity contribution in [3.05, 3.63) is 101 Å². The Morgan fingerprint density at radius 2 is 1.07 bits per heavy atom. The molecule has 0 aliphatic carbocycles. The van der Waals surface area contributed by atoms with Gasteiger partial charge in [0.2, 0.25) is 0 Å². The number of para-hydroxylation sites is 1. The molecule has 0 radical (unpaired) electrons. The average molecular weight is 374 g/mol. The summed E-state index contributed by atoms with van der Waals surface area (Å²) in [5, 5.41) is 15.0. The molecule has 0 fully saturated rings. The van der Waals surface area contributed by atoms with Gasteiger partial charge in [0.15, 0.2) is 0 Å². The number of hydrogen-bond donors (Lipinski definition) is 2. The van der Waals surface area contributed by atoms with Gasteiger partial charge in [-0.25, -0.2) is 0 Å². The van der Waals surface area contributed by atoms with Gasteiger partial charge in [-0.3, -0.25) is 0 Å². The van der Waals surface area contributed by atoms with Crippen molar-refractivity contribution in [2.75, 3.05) is 5.32 Å². The van der Waals surface area contributed by atoms with Crippen LogP contribution >= 0.6 is 0 Å². The molecule has 3 aromatic rings. The summed E-state index contributed by atoms with van der Waals surface area (Å²) in [4.78, 5) is 0. The minimum atomic E-state index is -0.649. The zero-order valence-corrected chi connectivity index (χ0v) is 17.3. The van der Waals surface area contributed by atoms with Crippen molar-refractivity contribution in [1.29, 1.82) is 0 Å². The van der Waals surface area contributed by atoms with E-state index in [1.165, 1.54) is 11.1 Å². The summed E-state index contributed by atoms with van der Waals surface area (Å²) in [7, 11) is 0. The molecule has 0 aromatic heterocycles. The highest BCUT2D eigenvalue weighted by Gasteiger charge is 2.25. The molecule has 0 unspecified atom stereocenters. The zero-order valence-electron chi connectivity index (χ0n) is 17.3. The number of rotatable bonds is 7. The highest BCUT2D eigenvalue weighted by atomic mass is 16.3. The Morgan fingerprint density at radius 1 is 0.607 bits per heavy atom. The predicted octanol–water partition coefficient (Wildman–Crippen LogP) is 6.82. The summed E-state index contributed by atoms with van der Waals surface area (Å²) >= 11 is 0. The van der Waals surface area contributed by atoms with E-state index in [9.17, 15) is 5.11 Å². The molecule has 3 aromatic carbocycles. The molecule has 2 nitrogen and oxygen atoms in total. The third-order valence-electron chi connectivity index (χ3n) is 5.29. The molecule has 3 rings (SSSR count). The summed E-state index contributed by atoms with van der Waals surface area (Å²) in [5.41, 5.74) is 5.71. The van der Waals surface area contributed by atoms with Crippen LogP contribution < -0.4 is 5.32 Å². The number of aliphatic hydroxyl groups is 1. The van der Waals surface area contributed by atoms with Crippen molar-refractivity contribution in [3.63, 3.8) is 0 Å². The summed E-state index contributed by atoms with van der Waals surface area (Å²) in [6.07, 6.45) is -0.649. The first-order chi connectivity index (χ1) is 13.5. The van der Waals surface area contributed by atoms with Crippen LogP contribution in [0.1, 0.15) is 73.9 Å². The van der Waals surface area contributed by atoms with Gasteiger partial charge in [-0.2, -0.15) is 0 Å². The van der Waals surface area contributed by atoms with Gasteiger partial charge in [-0.05, 0) is 34.1 Å². The van der Waals surface area contributed by atoms with Gasteiger partial charge in [0.25, 0.3) is 0 Å². The lowest BCUT2D eigenvalue weighted by Gasteiger charge is -2.30. The van der Waals surface area contributed by atoms with Crippen molar-refractivity contribution in [3.8, 4) is 0 Å². The third-order valence-corrected chi connectivity index (χ3v) is 5.29. The maximum Gasteiger partial charge on any atom is 0.103 e. The molecule has 2 atom stereocenters. The first-order valence-electron chi connectivity index (χ1n) is 10.2. The topological polar surface area (TPSA) is 32.3 Å². The Hall–Kier alpha value is -2.58. The third kappa shape index (κ3) is 4.45. The first-order valence-corrected chi connectivity index (χ1v) is 10.2. The van der Waals surface area contributed by atoms with E-state index in [4.69, 9.17) is 0 Å². The number of benzene rings is 3. The van der Waals surface area contributed by atoms with Crippen LogP contribution in [0, 0.1) is 0 Å². The molecule has 0 aliphatic rings.